The molecule has 3 aliphatic rings. The monoisotopic (exact) mass is 347 g/mol. The van der Waals surface area contributed by atoms with Gasteiger partial charge in [0, 0.05) is 51.4 Å². The van der Waals surface area contributed by atoms with Gasteiger partial charge in [0.1, 0.15) is 5.82 Å². The highest BCUT2D eigenvalue weighted by atomic mass is 19.1. The van der Waals surface area contributed by atoms with Crippen molar-refractivity contribution in [3.8, 4) is 0 Å². The Bertz CT molecular complexity index is 590. The Balaban J connectivity index is 1.46. The molecule has 138 valence electrons. The molecule has 4 rings (SSSR count). The molecule has 0 radical (unpaired) electrons. The minimum atomic E-state index is -0.0855. The number of fused-ring (bicyclic) bond motifs is 1. The fourth-order valence-corrected chi connectivity index (χ4v) is 4.86. The highest BCUT2D eigenvalue weighted by Gasteiger charge is 2.35. The SMILES string of the molecule is OCC[C@H]1CN2CCC[C@@H]2CN1Cc1ccc(N2CCCC2)c(F)c1. The zero-order valence-electron chi connectivity index (χ0n) is 15.0. The van der Waals surface area contributed by atoms with Crippen LogP contribution in [-0.2, 0) is 6.54 Å². The summed E-state index contributed by atoms with van der Waals surface area (Å²) < 4.78 is 14.6. The lowest BCUT2D eigenvalue weighted by Crippen LogP contribution is -2.55. The average Bonchev–Trinajstić information content (AvgIpc) is 3.27. The molecule has 0 saturated carbocycles. The van der Waals surface area contributed by atoms with E-state index in [1.165, 1.54) is 19.4 Å². The van der Waals surface area contributed by atoms with Gasteiger partial charge in [-0.05, 0) is 56.3 Å². The Morgan fingerprint density at radius 3 is 2.68 bits per heavy atom. The van der Waals surface area contributed by atoms with E-state index in [-0.39, 0.29) is 12.4 Å². The molecule has 0 aromatic heterocycles. The molecule has 0 aliphatic carbocycles. The molecule has 0 bridgehead atoms. The maximum atomic E-state index is 14.6. The standard InChI is InChI=1S/C20H30FN3O/c21-19-12-16(5-6-20(19)22-8-1-2-9-22)13-24-15-17-4-3-10-23(17)14-18(24)7-11-25/h5-6,12,17-18,25H,1-4,7-11,13-15H2/t17-,18+/m1/s1. The van der Waals surface area contributed by atoms with Crippen LogP contribution in [0.2, 0.25) is 0 Å². The summed E-state index contributed by atoms with van der Waals surface area (Å²) in [5.41, 5.74) is 1.81. The van der Waals surface area contributed by atoms with E-state index in [0.29, 0.717) is 12.1 Å². The van der Waals surface area contributed by atoms with Crippen molar-refractivity contribution in [2.24, 2.45) is 0 Å². The fourth-order valence-electron chi connectivity index (χ4n) is 4.86. The first-order valence-electron chi connectivity index (χ1n) is 9.87. The number of aliphatic hydroxyl groups excluding tert-OH is 1. The van der Waals surface area contributed by atoms with Crippen molar-refractivity contribution in [2.45, 2.75) is 50.7 Å². The van der Waals surface area contributed by atoms with Gasteiger partial charge in [-0.2, -0.15) is 0 Å². The number of aliphatic hydroxyl groups is 1. The van der Waals surface area contributed by atoms with E-state index in [1.54, 1.807) is 6.07 Å². The van der Waals surface area contributed by atoms with E-state index in [0.717, 1.165) is 63.2 Å². The van der Waals surface area contributed by atoms with E-state index in [9.17, 15) is 9.50 Å². The van der Waals surface area contributed by atoms with E-state index in [2.05, 4.69) is 20.8 Å². The molecule has 2 atom stereocenters. The number of halogens is 1. The van der Waals surface area contributed by atoms with Crippen LogP contribution in [0.25, 0.3) is 0 Å². The van der Waals surface area contributed by atoms with Gasteiger partial charge in [0.05, 0.1) is 5.69 Å². The number of hydrogen-bond acceptors (Lipinski definition) is 4. The Kier molecular flexibility index (Phi) is 5.25. The third-order valence-corrected chi connectivity index (χ3v) is 6.21. The molecule has 1 aromatic carbocycles. The van der Waals surface area contributed by atoms with Crippen LogP contribution >= 0.6 is 0 Å². The summed E-state index contributed by atoms with van der Waals surface area (Å²) in [6.07, 6.45) is 5.68. The number of nitrogens with zero attached hydrogens (tertiary/aromatic N) is 3. The van der Waals surface area contributed by atoms with Gasteiger partial charge in [0.2, 0.25) is 0 Å². The first kappa shape index (κ1) is 17.3. The molecule has 25 heavy (non-hydrogen) atoms. The zero-order chi connectivity index (χ0) is 17.2. The highest BCUT2D eigenvalue weighted by Crippen LogP contribution is 2.29. The topological polar surface area (TPSA) is 30.0 Å². The van der Waals surface area contributed by atoms with Gasteiger partial charge in [-0.3, -0.25) is 9.80 Å². The number of benzene rings is 1. The van der Waals surface area contributed by atoms with Crippen LogP contribution in [0.3, 0.4) is 0 Å². The van der Waals surface area contributed by atoms with Crippen molar-refractivity contribution in [3.05, 3.63) is 29.6 Å². The van der Waals surface area contributed by atoms with Crippen molar-refractivity contribution >= 4 is 5.69 Å². The second kappa shape index (κ2) is 7.60. The van der Waals surface area contributed by atoms with Gasteiger partial charge in [0.25, 0.3) is 0 Å². The van der Waals surface area contributed by atoms with Crippen molar-refractivity contribution in [2.75, 3.05) is 44.2 Å². The van der Waals surface area contributed by atoms with Crippen LogP contribution in [0.4, 0.5) is 10.1 Å². The van der Waals surface area contributed by atoms with Crippen molar-refractivity contribution < 1.29 is 9.50 Å². The Morgan fingerprint density at radius 2 is 1.92 bits per heavy atom. The molecule has 5 heteroatoms. The van der Waals surface area contributed by atoms with Crippen LogP contribution in [0.15, 0.2) is 18.2 Å². The first-order valence-corrected chi connectivity index (χ1v) is 9.87. The van der Waals surface area contributed by atoms with E-state index >= 15 is 0 Å². The molecule has 0 unspecified atom stereocenters. The molecule has 4 nitrogen and oxygen atoms in total. The molecule has 0 spiro atoms. The molecule has 0 amide bonds. The second-order valence-corrected chi connectivity index (χ2v) is 7.87. The average molecular weight is 347 g/mol. The summed E-state index contributed by atoms with van der Waals surface area (Å²) in [6, 6.07) is 6.80. The normalized spacial score (nSPS) is 27.8. The quantitative estimate of drug-likeness (QED) is 0.886. The molecule has 3 heterocycles. The maximum Gasteiger partial charge on any atom is 0.146 e. The minimum absolute atomic E-state index is 0.0855. The third kappa shape index (κ3) is 3.69. The smallest absolute Gasteiger partial charge is 0.146 e. The maximum absolute atomic E-state index is 14.6. The highest BCUT2D eigenvalue weighted by molar-refractivity contribution is 5.49. The lowest BCUT2D eigenvalue weighted by Gasteiger charge is -2.43. The third-order valence-electron chi connectivity index (χ3n) is 6.21. The molecule has 3 saturated heterocycles. The van der Waals surface area contributed by atoms with Gasteiger partial charge < -0.3 is 10.0 Å². The summed E-state index contributed by atoms with van der Waals surface area (Å²) >= 11 is 0. The van der Waals surface area contributed by atoms with E-state index in [4.69, 9.17) is 0 Å². The molecule has 3 aliphatic heterocycles. The van der Waals surface area contributed by atoms with E-state index in [1.807, 2.05) is 6.07 Å². The van der Waals surface area contributed by atoms with Crippen molar-refractivity contribution in [1.29, 1.82) is 0 Å². The fraction of sp³-hybridized carbons (Fsp3) is 0.700. The molecule has 3 fully saturated rings. The molecule has 1 N–H and O–H groups in total. The van der Waals surface area contributed by atoms with E-state index < -0.39 is 0 Å². The van der Waals surface area contributed by atoms with Crippen LogP contribution in [0, 0.1) is 5.82 Å². The predicted molar refractivity (Wildman–Crippen MR) is 98.3 cm³/mol. The summed E-state index contributed by atoms with van der Waals surface area (Å²) in [6.45, 7) is 6.23. The minimum Gasteiger partial charge on any atom is -0.396 e. The lowest BCUT2D eigenvalue weighted by atomic mass is 10.0. The molecule has 1 aromatic rings. The van der Waals surface area contributed by atoms with Gasteiger partial charge in [-0.25, -0.2) is 4.39 Å². The van der Waals surface area contributed by atoms with Gasteiger partial charge in [-0.15, -0.1) is 0 Å². The van der Waals surface area contributed by atoms with Crippen molar-refractivity contribution in [3.63, 3.8) is 0 Å². The van der Waals surface area contributed by atoms with Crippen LogP contribution in [0.1, 0.15) is 37.7 Å². The largest absolute Gasteiger partial charge is 0.396 e. The number of rotatable bonds is 5. The van der Waals surface area contributed by atoms with Crippen LogP contribution in [-0.4, -0.2) is 66.3 Å². The van der Waals surface area contributed by atoms with Gasteiger partial charge in [-0.1, -0.05) is 6.07 Å². The zero-order valence-corrected chi connectivity index (χ0v) is 15.0. The Hall–Kier alpha value is -1.17. The number of hydrogen-bond donors (Lipinski definition) is 1. The Morgan fingerprint density at radius 1 is 1.08 bits per heavy atom. The Labute approximate surface area is 150 Å². The van der Waals surface area contributed by atoms with Crippen LogP contribution in [0.5, 0.6) is 0 Å². The molecular formula is C20H30FN3O. The van der Waals surface area contributed by atoms with Crippen molar-refractivity contribution in [1.82, 2.24) is 9.80 Å². The summed E-state index contributed by atoms with van der Waals surface area (Å²) in [5, 5.41) is 9.43. The summed E-state index contributed by atoms with van der Waals surface area (Å²) in [7, 11) is 0. The molecular weight excluding hydrogens is 317 g/mol. The van der Waals surface area contributed by atoms with Crippen LogP contribution < -0.4 is 4.90 Å². The number of piperazine rings is 1. The van der Waals surface area contributed by atoms with Gasteiger partial charge in [0.15, 0.2) is 0 Å². The predicted octanol–water partition coefficient (Wildman–Crippen LogP) is 2.46. The van der Waals surface area contributed by atoms with Gasteiger partial charge >= 0.3 is 0 Å². The number of anilines is 1. The lowest BCUT2D eigenvalue weighted by molar-refractivity contribution is 0.0333. The second-order valence-electron chi connectivity index (χ2n) is 7.87. The summed E-state index contributed by atoms with van der Waals surface area (Å²) in [4.78, 5) is 7.20. The summed E-state index contributed by atoms with van der Waals surface area (Å²) in [5.74, 6) is -0.0855. The first-order chi connectivity index (χ1) is 12.2.